The predicted molar refractivity (Wildman–Crippen MR) is 103 cm³/mol. The molecule has 1 aliphatic rings. The lowest BCUT2D eigenvalue weighted by Gasteiger charge is -2.37. The van der Waals surface area contributed by atoms with E-state index in [4.69, 9.17) is 5.26 Å². The SMILES string of the molecule is Cc1[nH]c(=O)c(C#N)c(C)c1CCC(=O)NC1CC(C)CCC1C(C)C. The molecule has 0 radical (unpaired) electrons. The average molecular weight is 357 g/mol. The molecule has 2 rings (SSSR count). The van der Waals surface area contributed by atoms with Crippen LogP contribution in [0.5, 0.6) is 0 Å². The summed E-state index contributed by atoms with van der Waals surface area (Å²) in [5.74, 6) is 1.81. The molecule has 2 N–H and O–H groups in total. The van der Waals surface area contributed by atoms with Crippen LogP contribution >= 0.6 is 0 Å². The number of aromatic amines is 1. The second kappa shape index (κ2) is 8.53. The number of nitrogens with one attached hydrogen (secondary N) is 2. The van der Waals surface area contributed by atoms with Gasteiger partial charge in [0, 0.05) is 18.2 Å². The normalized spacial score (nSPS) is 22.9. The zero-order valence-corrected chi connectivity index (χ0v) is 16.6. The number of nitrogens with zero attached hydrogens (tertiary/aromatic N) is 1. The smallest absolute Gasteiger partial charge is 0.266 e. The maximum atomic E-state index is 12.6. The highest BCUT2D eigenvalue weighted by Gasteiger charge is 2.31. The van der Waals surface area contributed by atoms with E-state index in [1.54, 1.807) is 6.92 Å². The Labute approximate surface area is 156 Å². The molecule has 1 fully saturated rings. The van der Waals surface area contributed by atoms with Crippen molar-refractivity contribution < 1.29 is 4.79 Å². The lowest BCUT2D eigenvalue weighted by Crippen LogP contribution is -2.45. The molecule has 1 aromatic heterocycles. The van der Waals surface area contributed by atoms with Gasteiger partial charge in [0.05, 0.1) is 0 Å². The number of carbonyl (C=O) groups excluding carboxylic acids is 1. The lowest BCUT2D eigenvalue weighted by atomic mass is 9.74. The number of aryl methyl sites for hydroxylation is 1. The van der Waals surface area contributed by atoms with Crippen molar-refractivity contribution in [3.63, 3.8) is 0 Å². The molecular formula is C21H31N3O2. The molecule has 0 saturated heterocycles. The molecule has 3 unspecified atom stereocenters. The molecule has 0 aliphatic heterocycles. The zero-order chi connectivity index (χ0) is 19.4. The summed E-state index contributed by atoms with van der Waals surface area (Å²) < 4.78 is 0. The molecule has 142 valence electrons. The Hall–Kier alpha value is -2.09. The summed E-state index contributed by atoms with van der Waals surface area (Å²) in [6.45, 7) is 10.3. The Balaban J connectivity index is 2.05. The maximum Gasteiger partial charge on any atom is 0.266 e. The number of nitriles is 1. The van der Waals surface area contributed by atoms with E-state index in [0.717, 1.165) is 17.7 Å². The van der Waals surface area contributed by atoms with E-state index in [-0.39, 0.29) is 23.1 Å². The van der Waals surface area contributed by atoms with E-state index >= 15 is 0 Å². The van der Waals surface area contributed by atoms with Gasteiger partial charge in [0.2, 0.25) is 5.91 Å². The van der Waals surface area contributed by atoms with E-state index in [1.807, 2.05) is 13.0 Å². The van der Waals surface area contributed by atoms with E-state index in [9.17, 15) is 9.59 Å². The summed E-state index contributed by atoms with van der Waals surface area (Å²) >= 11 is 0. The first-order chi connectivity index (χ1) is 12.2. The Bertz CT molecular complexity index is 758. The van der Waals surface area contributed by atoms with Gasteiger partial charge in [-0.25, -0.2) is 0 Å². The number of amides is 1. The largest absolute Gasteiger partial charge is 0.353 e. The second-order valence-electron chi connectivity index (χ2n) is 8.17. The standard InChI is InChI=1S/C21H31N3O2/c1-12(2)16-7-6-13(3)10-19(16)24-20(25)9-8-17-14(4)18(11-22)21(26)23-15(17)5/h12-13,16,19H,6-10H2,1-5H3,(H,23,26)(H,24,25). The van der Waals surface area contributed by atoms with Gasteiger partial charge in [-0.15, -0.1) is 0 Å². The lowest BCUT2D eigenvalue weighted by molar-refractivity contribution is -0.122. The van der Waals surface area contributed by atoms with Crippen LogP contribution in [0.4, 0.5) is 0 Å². The minimum atomic E-state index is -0.355. The van der Waals surface area contributed by atoms with Gasteiger partial charge in [-0.1, -0.05) is 27.2 Å². The summed E-state index contributed by atoms with van der Waals surface area (Å²) in [6.07, 6.45) is 4.36. The third-order valence-corrected chi connectivity index (χ3v) is 5.89. The predicted octanol–water partition coefficient (Wildman–Crippen LogP) is 3.37. The zero-order valence-electron chi connectivity index (χ0n) is 16.6. The number of pyridine rings is 1. The number of rotatable bonds is 5. The molecule has 0 spiro atoms. The third-order valence-electron chi connectivity index (χ3n) is 5.89. The highest BCUT2D eigenvalue weighted by molar-refractivity contribution is 5.76. The van der Waals surface area contributed by atoms with E-state index < -0.39 is 0 Å². The van der Waals surface area contributed by atoms with Crippen LogP contribution in [0.3, 0.4) is 0 Å². The van der Waals surface area contributed by atoms with E-state index in [1.165, 1.54) is 12.8 Å². The van der Waals surface area contributed by atoms with Crippen LogP contribution in [-0.4, -0.2) is 16.9 Å². The fourth-order valence-corrected chi connectivity index (χ4v) is 4.31. The molecule has 0 bridgehead atoms. The van der Waals surface area contributed by atoms with Crippen LogP contribution in [0.25, 0.3) is 0 Å². The molecule has 0 aromatic carbocycles. The highest BCUT2D eigenvalue weighted by Crippen LogP contribution is 2.33. The Kier molecular flexibility index (Phi) is 6.63. The summed E-state index contributed by atoms with van der Waals surface area (Å²) in [7, 11) is 0. The molecular weight excluding hydrogens is 326 g/mol. The van der Waals surface area contributed by atoms with Gasteiger partial charge in [0.25, 0.3) is 5.56 Å². The van der Waals surface area contributed by atoms with Gasteiger partial charge in [0.1, 0.15) is 11.6 Å². The van der Waals surface area contributed by atoms with Crippen LogP contribution in [0.1, 0.15) is 68.8 Å². The molecule has 1 aromatic rings. The van der Waals surface area contributed by atoms with Crippen molar-refractivity contribution in [2.45, 2.75) is 72.8 Å². The summed E-state index contributed by atoms with van der Waals surface area (Å²) in [6, 6.07) is 2.21. The highest BCUT2D eigenvalue weighted by atomic mass is 16.1. The fraction of sp³-hybridized carbons (Fsp3) is 0.667. The van der Waals surface area contributed by atoms with Crippen LogP contribution in [0, 0.1) is 42.9 Å². The Morgan fingerprint density at radius 1 is 1.35 bits per heavy atom. The van der Waals surface area contributed by atoms with Gasteiger partial charge in [-0.2, -0.15) is 5.26 Å². The molecule has 1 amide bonds. The van der Waals surface area contributed by atoms with Crippen LogP contribution in [-0.2, 0) is 11.2 Å². The van der Waals surface area contributed by atoms with Gasteiger partial charge in [-0.05, 0) is 62.0 Å². The quantitative estimate of drug-likeness (QED) is 0.847. The molecule has 5 heteroatoms. The van der Waals surface area contributed by atoms with Crippen molar-refractivity contribution in [3.8, 4) is 6.07 Å². The third kappa shape index (κ3) is 4.55. The molecule has 1 aliphatic carbocycles. The maximum absolute atomic E-state index is 12.6. The number of aromatic nitrogens is 1. The average Bonchev–Trinajstić information content (AvgIpc) is 2.54. The molecule has 3 atom stereocenters. The number of carbonyl (C=O) groups is 1. The van der Waals surface area contributed by atoms with Crippen molar-refractivity contribution >= 4 is 5.91 Å². The number of hydrogen-bond donors (Lipinski definition) is 2. The first-order valence-corrected chi connectivity index (χ1v) is 9.66. The number of hydrogen-bond acceptors (Lipinski definition) is 3. The van der Waals surface area contributed by atoms with Crippen LogP contribution in [0.15, 0.2) is 4.79 Å². The molecule has 26 heavy (non-hydrogen) atoms. The van der Waals surface area contributed by atoms with Crippen LogP contribution < -0.4 is 10.9 Å². The van der Waals surface area contributed by atoms with Crippen molar-refractivity contribution in [3.05, 3.63) is 32.7 Å². The minimum absolute atomic E-state index is 0.0539. The first-order valence-electron chi connectivity index (χ1n) is 9.66. The van der Waals surface area contributed by atoms with Crippen LogP contribution in [0.2, 0.25) is 0 Å². The molecule has 1 heterocycles. The monoisotopic (exact) mass is 357 g/mol. The second-order valence-corrected chi connectivity index (χ2v) is 8.17. The Morgan fingerprint density at radius 3 is 2.65 bits per heavy atom. The fourth-order valence-electron chi connectivity index (χ4n) is 4.31. The summed E-state index contributed by atoms with van der Waals surface area (Å²) in [5, 5.41) is 12.4. The topological polar surface area (TPSA) is 85.8 Å². The summed E-state index contributed by atoms with van der Waals surface area (Å²) in [4.78, 5) is 27.1. The van der Waals surface area contributed by atoms with Crippen molar-refractivity contribution in [2.24, 2.45) is 17.8 Å². The minimum Gasteiger partial charge on any atom is -0.353 e. The summed E-state index contributed by atoms with van der Waals surface area (Å²) in [5.41, 5.74) is 2.12. The first kappa shape index (κ1) is 20.2. The van der Waals surface area contributed by atoms with Gasteiger partial charge < -0.3 is 10.3 Å². The molecule has 5 nitrogen and oxygen atoms in total. The Morgan fingerprint density at radius 2 is 2.04 bits per heavy atom. The van der Waals surface area contributed by atoms with Crippen molar-refractivity contribution in [1.29, 1.82) is 5.26 Å². The van der Waals surface area contributed by atoms with E-state index in [0.29, 0.717) is 36.2 Å². The number of H-pyrrole nitrogens is 1. The van der Waals surface area contributed by atoms with Crippen molar-refractivity contribution in [1.82, 2.24) is 10.3 Å². The van der Waals surface area contributed by atoms with Gasteiger partial charge in [-0.3, -0.25) is 9.59 Å². The van der Waals surface area contributed by atoms with Crippen molar-refractivity contribution in [2.75, 3.05) is 0 Å². The molecule has 1 saturated carbocycles. The van der Waals surface area contributed by atoms with Gasteiger partial charge >= 0.3 is 0 Å². The van der Waals surface area contributed by atoms with Gasteiger partial charge in [0.15, 0.2) is 0 Å². The van der Waals surface area contributed by atoms with E-state index in [2.05, 4.69) is 31.1 Å².